The highest BCUT2D eigenvalue weighted by Crippen LogP contribution is 2.10. The summed E-state index contributed by atoms with van der Waals surface area (Å²) >= 11 is 0. The van der Waals surface area contributed by atoms with Crippen LogP contribution in [0.5, 0.6) is 0 Å². The Bertz CT molecular complexity index is 582. The highest BCUT2D eigenvalue weighted by molar-refractivity contribution is 5.74. The third-order valence-electron chi connectivity index (χ3n) is 3.04. The number of methoxy groups -OCH3 is 1. The lowest BCUT2D eigenvalue weighted by Gasteiger charge is -2.19. The molecule has 0 aliphatic rings. The van der Waals surface area contributed by atoms with E-state index in [4.69, 9.17) is 9.26 Å². The number of amides is 2. The van der Waals surface area contributed by atoms with Gasteiger partial charge in [0.25, 0.3) is 0 Å². The van der Waals surface area contributed by atoms with Crippen LogP contribution in [0.15, 0.2) is 16.8 Å². The van der Waals surface area contributed by atoms with Crippen LogP contribution in [-0.4, -0.2) is 52.0 Å². The van der Waals surface area contributed by atoms with Crippen molar-refractivity contribution in [3.8, 4) is 0 Å². The topological polar surface area (TPSA) is 109 Å². The Kier molecular flexibility index (Phi) is 5.48. The van der Waals surface area contributed by atoms with Gasteiger partial charge in [0.15, 0.2) is 5.82 Å². The van der Waals surface area contributed by atoms with Gasteiger partial charge in [-0.25, -0.2) is 4.79 Å². The largest absolute Gasteiger partial charge is 0.384 e. The first-order chi connectivity index (χ1) is 10.6. The van der Waals surface area contributed by atoms with Gasteiger partial charge in [-0.05, 0) is 13.0 Å². The average Bonchev–Trinajstić information content (AvgIpc) is 3.16. The summed E-state index contributed by atoms with van der Waals surface area (Å²) in [6.07, 6.45) is 2.21. The Hall–Kier alpha value is -2.42. The van der Waals surface area contributed by atoms with Gasteiger partial charge >= 0.3 is 6.03 Å². The molecule has 22 heavy (non-hydrogen) atoms. The van der Waals surface area contributed by atoms with E-state index in [1.165, 1.54) is 4.90 Å². The number of aromatic amines is 1. The SMILES string of the molecule is COCCc1noc(C(C)NC(=O)N(C)Cc2ccn[nH]2)n1. The van der Waals surface area contributed by atoms with Gasteiger partial charge in [0.2, 0.25) is 5.89 Å². The summed E-state index contributed by atoms with van der Waals surface area (Å²) in [6.45, 7) is 2.74. The third-order valence-corrected chi connectivity index (χ3v) is 3.04. The first kappa shape index (κ1) is 16.0. The van der Waals surface area contributed by atoms with E-state index in [1.54, 1.807) is 27.3 Å². The zero-order valence-corrected chi connectivity index (χ0v) is 12.9. The minimum atomic E-state index is -0.375. The summed E-state index contributed by atoms with van der Waals surface area (Å²) in [6, 6.07) is 1.20. The van der Waals surface area contributed by atoms with Gasteiger partial charge in [-0.2, -0.15) is 10.1 Å². The lowest BCUT2D eigenvalue weighted by Crippen LogP contribution is -2.38. The van der Waals surface area contributed by atoms with Crippen molar-refractivity contribution in [3.63, 3.8) is 0 Å². The number of carbonyl (C=O) groups is 1. The Balaban J connectivity index is 1.86. The van der Waals surface area contributed by atoms with E-state index in [0.717, 1.165) is 5.69 Å². The fourth-order valence-electron chi connectivity index (χ4n) is 1.80. The van der Waals surface area contributed by atoms with Gasteiger partial charge in [0.1, 0.15) is 6.04 Å². The number of aromatic nitrogens is 4. The molecule has 0 aliphatic heterocycles. The first-order valence-electron chi connectivity index (χ1n) is 6.91. The maximum Gasteiger partial charge on any atom is 0.318 e. The smallest absolute Gasteiger partial charge is 0.318 e. The fourth-order valence-corrected chi connectivity index (χ4v) is 1.80. The molecular weight excluding hydrogens is 288 g/mol. The van der Waals surface area contributed by atoms with Crippen molar-refractivity contribution in [2.45, 2.75) is 25.9 Å². The van der Waals surface area contributed by atoms with Crippen molar-refractivity contribution in [2.24, 2.45) is 0 Å². The van der Waals surface area contributed by atoms with Crippen LogP contribution in [0.3, 0.4) is 0 Å². The van der Waals surface area contributed by atoms with Gasteiger partial charge < -0.3 is 19.5 Å². The summed E-state index contributed by atoms with van der Waals surface area (Å²) < 4.78 is 10.1. The molecule has 2 N–H and O–H groups in total. The van der Waals surface area contributed by atoms with Crippen LogP contribution in [-0.2, 0) is 17.7 Å². The molecular formula is C13H20N6O3. The van der Waals surface area contributed by atoms with Crippen LogP contribution in [0.1, 0.15) is 30.4 Å². The summed E-state index contributed by atoms with van der Waals surface area (Å²) in [4.78, 5) is 17.9. The minimum absolute atomic E-state index is 0.237. The monoisotopic (exact) mass is 308 g/mol. The number of rotatable bonds is 7. The Labute approximate surface area is 128 Å². The van der Waals surface area contributed by atoms with Crippen molar-refractivity contribution < 1.29 is 14.1 Å². The molecule has 2 rings (SSSR count). The summed E-state index contributed by atoms with van der Waals surface area (Å²) in [5.74, 6) is 0.929. The molecule has 0 bridgehead atoms. The van der Waals surface area contributed by atoms with Gasteiger partial charge in [0, 0.05) is 26.8 Å². The predicted molar refractivity (Wildman–Crippen MR) is 76.9 cm³/mol. The van der Waals surface area contributed by atoms with Gasteiger partial charge in [-0.15, -0.1) is 0 Å². The number of carbonyl (C=O) groups excluding carboxylic acids is 1. The molecule has 1 unspecified atom stereocenters. The van der Waals surface area contributed by atoms with E-state index in [1.807, 2.05) is 6.07 Å². The molecule has 120 valence electrons. The lowest BCUT2D eigenvalue weighted by molar-refractivity contribution is 0.198. The average molecular weight is 308 g/mol. The lowest BCUT2D eigenvalue weighted by atomic mass is 10.3. The zero-order chi connectivity index (χ0) is 15.9. The summed E-state index contributed by atoms with van der Waals surface area (Å²) in [5, 5.41) is 13.3. The molecule has 0 saturated carbocycles. The first-order valence-corrected chi connectivity index (χ1v) is 6.91. The second kappa shape index (κ2) is 7.55. The van der Waals surface area contributed by atoms with Crippen LogP contribution < -0.4 is 5.32 Å². The van der Waals surface area contributed by atoms with E-state index in [0.29, 0.717) is 31.3 Å². The summed E-state index contributed by atoms with van der Waals surface area (Å²) in [5.41, 5.74) is 0.852. The zero-order valence-electron chi connectivity index (χ0n) is 12.9. The fraction of sp³-hybridized carbons (Fsp3) is 0.538. The minimum Gasteiger partial charge on any atom is -0.384 e. The number of nitrogens with zero attached hydrogens (tertiary/aromatic N) is 4. The molecule has 2 amide bonds. The van der Waals surface area contributed by atoms with Gasteiger partial charge in [-0.3, -0.25) is 5.10 Å². The van der Waals surface area contributed by atoms with Crippen molar-refractivity contribution in [3.05, 3.63) is 29.7 Å². The molecule has 0 aromatic carbocycles. The predicted octanol–water partition coefficient (Wildman–Crippen LogP) is 0.884. The maximum atomic E-state index is 12.1. The quantitative estimate of drug-likeness (QED) is 0.786. The van der Waals surface area contributed by atoms with Crippen LogP contribution in [0.25, 0.3) is 0 Å². The second-order valence-corrected chi connectivity index (χ2v) is 4.90. The highest BCUT2D eigenvalue weighted by Gasteiger charge is 2.18. The Morgan fingerprint density at radius 2 is 2.41 bits per heavy atom. The van der Waals surface area contributed by atoms with Crippen LogP contribution in [0.4, 0.5) is 4.79 Å². The molecule has 0 aliphatic carbocycles. The molecule has 2 aromatic rings. The van der Waals surface area contributed by atoms with E-state index in [2.05, 4.69) is 25.7 Å². The standard InChI is InChI=1S/C13H20N6O3/c1-9(12-16-11(18-22-12)5-7-21-3)15-13(20)19(2)8-10-4-6-14-17-10/h4,6,9H,5,7-8H2,1-3H3,(H,14,17)(H,15,20). The number of nitrogens with one attached hydrogen (secondary N) is 2. The van der Waals surface area contributed by atoms with Crippen molar-refractivity contribution in [1.29, 1.82) is 0 Å². The Morgan fingerprint density at radius 1 is 1.59 bits per heavy atom. The molecule has 0 spiro atoms. The molecule has 2 heterocycles. The normalized spacial score (nSPS) is 12.1. The van der Waals surface area contributed by atoms with E-state index in [9.17, 15) is 4.79 Å². The number of hydrogen-bond donors (Lipinski definition) is 2. The summed E-state index contributed by atoms with van der Waals surface area (Å²) in [7, 11) is 3.31. The van der Waals surface area contributed by atoms with Gasteiger partial charge in [-0.1, -0.05) is 5.16 Å². The van der Waals surface area contributed by atoms with Crippen LogP contribution >= 0.6 is 0 Å². The van der Waals surface area contributed by atoms with Crippen molar-refractivity contribution >= 4 is 6.03 Å². The number of H-pyrrole nitrogens is 1. The molecule has 0 fully saturated rings. The number of hydrogen-bond acceptors (Lipinski definition) is 6. The molecule has 9 heteroatoms. The molecule has 9 nitrogen and oxygen atoms in total. The van der Waals surface area contributed by atoms with E-state index < -0.39 is 0 Å². The van der Waals surface area contributed by atoms with Crippen LogP contribution in [0.2, 0.25) is 0 Å². The van der Waals surface area contributed by atoms with Gasteiger partial charge in [0.05, 0.1) is 18.8 Å². The Morgan fingerprint density at radius 3 is 3.09 bits per heavy atom. The molecule has 1 atom stereocenters. The highest BCUT2D eigenvalue weighted by atomic mass is 16.5. The second-order valence-electron chi connectivity index (χ2n) is 4.90. The molecule has 0 saturated heterocycles. The number of ether oxygens (including phenoxy) is 1. The van der Waals surface area contributed by atoms with Crippen molar-refractivity contribution in [2.75, 3.05) is 20.8 Å². The van der Waals surface area contributed by atoms with E-state index >= 15 is 0 Å². The third kappa shape index (κ3) is 4.29. The van der Waals surface area contributed by atoms with E-state index in [-0.39, 0.29) is 12.1 Å². The van der Waals surface area contributed by atoms with Crippen LogP contribution in [0, 0.1) is 0 Å². The molecule has 0 radical (unpaired) electrons. The number of urea groups is 1. The van der Waals surface area contributed by atoms with Crippen molar-refractivity contribution in [1.82, 2.24) is 30.6 Å². The maximum absolute atomic E-state index is 12.1. The molecule has 2 aromatic heterocycles.